The Labute approximate surface area is 201 Å². The second-order valence-corrected chi connectivity index (χ2v) is 8.67. The van der Waals surface area contributed by atoms with Crippen molar-refractivity contribution < 1.29 is 34.4 Å². The molecule has 0 aromatic heterocycles. The maximum atomic E-state index is 13.2. The zero-order valence-electron chi connectivity index (χ0n) is 18.7. The number of phenols is 2. The van der Waals surface area contributed by atoms with E-state index in [1.165, 1.54) is 12.1 Å². The van der Waals surface area contributed by atoms with Gasteiger partial charge in [0.1, 0.15) is 41.1 Å². The van der Waals surface area contributed by atoms with Crippen LogP contribution in [0.3, 0.4) is 0 Å². The van der Waals surface area contributed by atoms with Gasteiger partial charge in [-0.15, -0.1) is 0 Å². The molecule has 2 aliphatic heterocycles. The Balaban J connectivity index is 1.59. The fraction of sp³-hybridized carbons (Fsp3) is 0.214. The summed E-state index contributed by atoms with van der Waals surface area (Å²) in [5, 5.41) is 33.6. The highest BCUT2D eigenvalue weighted by atomic mass is 16.6. The Morgan fingerprint density at radius 2 is 1.60 bits per heavy atom. The van der Waals surface area contributed by atoms with Gasteiger partial charge in [0, 0.05) is 30.0 Å². The molecular formula is C28H24O7. The normalized spacial score (nSPS) is 20.9. The lowest BCUT2D eigenvalue weighted by molar-refractivity contribution is -0.150. The van der Waals surface area contributed by atoms with Gasteiger partial charge in [-0.1, -0.05) is 66.7 Å². The number of phenolic OH excluding ortho intramolecular Hbond substituents is 2. The molecule has 0 fully saturated rings. The van der Waals surface area contributed by atoms with Crippen LogP contribution in [0.15, 0.2) is 78.9 Å². The molecule has 3 aromatic carbocycles. The van der Waals surface area contributed by atoms with Crippen LogP contribution >= 0.6 is 0 Å². The van der Waals surface area contributed by atoms with Gasteiger partial charge in [0.25, 0.3) is 0 Å². The number of ketones is 1. The lowest BCUT2D eigenvalue weighted by Crippen LogP contribution is -2.37. The lowest BCUT2D eigenvalue weighted by atomic mass is 9.80. The lowest BCUT2D eigenvalue weighted by Gasteiger charge is -2.33. The molecule has 3 aromatic rings. The van der Waals surface area contributed by atoms with Crippen molar-refractivity contribution in [2.45, 2.75) is 37.1 Å². The van der Waals surface area contributed by atoms with Gasteiger partial charge in [-0.2, -0.15) is 0 Å². The smallest absolute Gasteiger partial charge is 0.330 e. The van der Waals surface area contributed by atoms with Crippen LogP contribution < -0.4 is 4.74 Å². The number of carbonyl (C=O) groups is 2. The average molecular weight is 472 g/mol. The van der Waals surface area contributed by atoms with E-state index in [9.17, 15) is 24.9 Å². The molecule has 0 saturated heterocycles. The number of cyclic esters (lactones) is 1. The maximum absolute atomic E-state index is 13.2. The van der Waals surface area contributed by atoms with E-state index in [-0.39, 0.29) is 41.3 Å². The van der Waals surface area contributed by atoms with E-state index < -0.39 is 35.9 Å². The first kappa shape index (κ1) is 22.7. The van der Waals surface area contributed by atoms with Crippen LogP contribution in [0.1, 0.15) is 51.9 Å². The summed E-state index contributed by atoms with van der Waals surface area (Å²) < 4.78 is 11.3. The third-order valence-electron chi connectivity index (χ3n) is 6.45. The summed E-state index contributed by atoms with van der Waals surface area (Å²) in [5.41, 5.74) is 1.31. The minimum absolute atomic E-state index is 0.0123. The van der Waals surface area contributed by atoms with E-state index in [0.29, 0.717) is 5.56 Å². The first-order valence-corrected chi connectivity index (χ1v) is 11.4. The zero-order valence-corrected chi connectivity index (χ0v) is 18.7. The van der Waals surface area contributed by atoms with Gasteiger partial charge in [-0.05, 0) is 11.1 Å². The summed E-state index contributed by atoms with van der Waals surface area (Å²) in [4.78, 5) is 25.0. The molecule has 0 saturated carbocycles. The molecule has 7 nitrogen and oxygen atoms in total. The largest absolute Gasteiger partial charge is 0.507 e. The van der Waals surface area contributed by atoms with E-state index in [4.69, 9.17) is 9.47 Å². The van der Waals surface area contributed by atoms with Gasteiger partial charge in [-0.25, -0.2) is 4.79 Å². The number of aliphatic hydroxyl groups is 1. The summed E-state index contributed by atoms with van der Waals surface area (Å²) in [6.07, 6.45) is 0.412. The van der Waals surface area contributed by atoms with E-state index in [0.717, 1.165) is 5.56 Å². The van der Waals surface area contributed by atoms with Crippen molar-refractivity contribution in [1.29, 1.82) is 0 Å². The highest BCUT2D eigenvalue weighted by molar-refractivity contribution is 6.03. The van der Waals surface area contributed by atoms with Gasteiger partial charge in [-0.3, -0.25) is 4.79 Å². The summed E-state index contributed by atoms with van der Waals surface area (Å²) in [6.45, 7) is 0. The molecule has 4 unspecified atom stereocenters. The van der Waals surface area contributed by atoms with E-state index in [1.54, 1.807) is 36.4 Å². The van der Waals surface area contributed by atoms with E-state index >= 15 is 0 Å². The summed E-state index contributed by atoms with van der Waals surface area (Å²) in [5.74, 6) is -2.63. The number of rotatable bonds is 5. The van der Waals surface area contributed by atoms with Crippen molar-refractivity contribution in [3.05, 3.63) is 101 Å². The molecule has 0 aliphatic carbocycles. The second-order valence-electron chi connectivity index (χ2n) is 8.67. The number of fused-ring (bicyclic) bond motifs is 1. The average Bonchev–Trinajstić information content (AvgIpc) is 2.86. The maximum Gasteiger partial charge on any atom is 0.330 e. The molecule has 178 valence electrons. The third-order valence-corrected chi connectivity index (χ3v) is 6.45. The molecule has 0 spiro atoms. The predicted octanol–water partition coefficient (Wildman–Crippen LogP) is 4.17. The van der Waals surface area contributed by atoms with Gasteiger partial charge < -0.3 is 24.8 Å². The highest BCUT2D eigenvalue weighted by Crippen LogP contribution is 2.49. The Morgan fingerprint density at radius 1 is 0.914 bits per heavy atom. The Kier molecular flexibility index (Phi) is 6.01. The van der Waals surface area contributed by atoms with Crippen molar-refractivity contribution >= 4 is 11.8 Å². The first-order chi connectivity index (χ1) is 16.9. The van der Waals surface area contributed by atoms with Crippen molar-refractivity contribution in [1.82, 2.24) is 0 Å². The van der Waals surface area contributed by atoms with E-state index in [1.807, 2.05) is 30.3 Å². The number of benzene rings is 3. The molecule has 7 heteroatoms. The molecule has 2 aliphatic rings. The van der Waals surface area contributed by atoms with Crippen LogP contribution in [0.2, 0.25) is 0 Å². The fourth-order valence-electron chi connectivity index (χ4n) is 4.79. The summed E-state index contributed by atoms with van der Waals surface area (Å²) >= 11 is 0. The van der Waals surface area contributed by atoms with E-state index in [2.05, 4.69) is 0 Å². The molecule has 5 rings (SSSR count). The summed E-state index contributed by atoms with van der Waals surface area (Å²) in [6, 6.07) is 19.3. The minimum atomic E-state index is -1.31. The van der Waals surface area contributed by atoms with Crippen LogP contribution in [0.25, 0.3) is 0 Å². The number of hydrogen-bond acceptors (Lipinski definition) is 7. The number of Topliss-reactive ketones (excluding diaryl/α,β-unsaturated/α-hetero) is 1. The Hall–Kier alpha value is -4.10. The third kappa shape index (κ3) is 4.26. The van der Waals surface area contributed by atoms with Crippen molar-refractivity contribution in [2.24, 2.45) is 0 Å². The summed E-state index contributed by atoms with van der Waals surface area (Å²) in [7, 11) is 0. The van der Waals surface area contributed by atoms with Crippen molar-refractivity contribution in [3.63, 3.8) is 0 Å². The van der Waals surface area contributed by atoms with Crippen LogP contribution in [0, 0.1) is 0 Å². The Morgan fingerprint density at radius 3 is 2.29 bits per heavy atom. The molecule has 4 atom stereocenters. The van der Waals surface area contributed by atoms with Crippen molar-refractivity contribution in [3.8, 4) is 17.2 Å². The number of hydrogen-bond donors (Lipinski definition) is 3. The van der Waals surface area contributed by atoms with Gasteiger partial charge in [0.05, 0.1) is 6.42 Å². The molecule has 3 N–H and O–H groups in total. The molecule has 0 bridgehead atoms. The second kappa shape index (κ2) is 9.27. The first-order valence-electron chi connectivity index (χ1n) is 11.4. The van der Waals surface area contributed by atoms with Crippen molar-refractivity contribution in [2.75, 3.05) is 0 Å². The zero-order chi connectivity index (χ0) is 24.5. The fourth-order valence-corrected chi connectivity index (χ4v) is 4.79. The van der Waals surface area contributed by atoms with Crippen LogP contribution in [-0.4, -0.2) is 39.3 Å². The standard InChI is InChI=1S/C28H24O7/c29-18-14-21(16-8-3-1-4-9-16)34-22-15-19(30)26(28(33)25(18)22)24(17-10-5-2-6-11-17)27(32)20-12-7-13-23(31)35-20/h1-11,13,15,20-21,24,27,30,32-33H,12,14H2. The van der Waals surface area contributed by atoms with Crippen LogP contribution in [0.4, 0.5) is 0 Å². The minimum Gasteiger partial charge on any atom is -0.507 e. The quantitative estimate of drug-likeness (QED) is 0.478. The molecule has 0 radical (unpaired) electrons. The number of aromatic hydroxyl groups is 2. The topological polar surface area (TPSA) is 113 Å². The molecule has 0 amide bonds. The van der Waals surface area contributed by atoms with Gasteiger partial charge >= 0.3 is 5.97 Å². The molecule has 2 heterocycles. The number of ether oxygens (including phenoxy) is 2. The van der Waals surface area contributed by atoms with Gasteiger partial charge in [0.2, 0.25) is 0 Å². The van der Waals surface area contributed by atoms with Gasteiger partial charge in [0.15, 0.2) is 5.78 Å². The monoisotopic (exact) mass is 472 g/mol. The molecule has 35 heavy (non-hydrogen) atoms. The van der Waals surface area contributed by atoms with Crippen LogP contribution in [0.5, 0.6) is 17.2 Å². The predicted molar refractivity (Wildman–Crippen MR) is 126 cm³/mol. The molecular weight excluding hydrogens is 448 g/mol. The Bertz CT molecular complexity index is 1280. The number of carbonyl (C=O) groups excluding carboxylic acids is 2. The SMILES string of the molecule is O=C1C=CCC(C(O)C(c2ccccc2)c2c(O)cc3c(c2O)C(=O)CC(c2ccccc2)O3)O1. The van der Waals surface area contributed by atoms with Crippen LogP contribution in [-0.2, 0) is 9.53 Å². The number of aliphatic hydroxyl groups excluding tert-OH is 1. The number of esters is 1. The highest BCUT2D eigenvalue weighted by Gasteiger charge is 2.40.